The van der Waals surface area contributed by atoms with Gasteiger partial charge in [-0.05, 0) is 5.92 Å². The van der Waals surface area contributed by atoms with E-state index in [9.17, 15) is 4.79 Å². The van der Waals surface area contributed by atoms with E-state index in [0.717, 1.165) is 6.42 Å². The molecule has 0 aliphatic carbocycles. The molecule has 1 rings (SSSR count). The van der Waals surface area contributed by atoms with Gasteiger partial charge in [-0.15, -0.1) is 0 Å². The Hall–Kier alpha value is -0.570. The molecule has 1 aliphatic rings. The van der Waals surface area contributed by atoms with Gasteiger partial charge in [-0.1, -0.05) is 13.3 Å². The van der Waals surface area contributed by atoms with Crippen LogP contribution in [0.1, 0.15) is 19.8 Å². The second kappa shape index (κ2) is 3.01. The van der Waals surface area contributed by atoms with Crippen LogP contribution in [0.25, 0.3) is 0 Å². The van der Waals surface area contributed by atoms with Crippen LogP contribution in [-0.4, -0.2) is 23.7 Å². The van der Waals surface area contributed by atoms with Crippen molar-refractivity contribution < 1.29 is 9.90 Å². The summed E-state index contributed by atoms with van der Waals surface area (Å²) in [6.07, 6.45) is 1.55. The summed E-state index contributed by atoms with van der Waals surface area (Å²) in [5.74, 6) is 0.420. The number of hydrogen-bond acceptors (Lipinski definition) is 2. The Morgan fingerprint density at radius 1 is 1.80 bits per heavy atom. The van der Waals surface area contributed by atoms with E-state index in [1.807, 2.05) is 6.92 Å². The van der Waals surface area contributed by atoms with Gasteiger partial charge in [0.05, 0.1) is 12.6 Å². The lowest BCUT2D eigenvalue weighted by molar-refractivity contribution is -0.119. The number of carbonyl (C=O) groups is 1. The topological polar surface area (TPSA) is 49.3 Å². The van der Waals surface area contributed by atoms with Crippen molar-refractivity contribution in [3.8, 4) is 0 Å². The Bertz CT molecular complexity index is 122. The molecule has 1 saturated heterocycles. The number of hydrogen-bond donors (Lipinski definition) is 2. The lowest BCUT2D eigenvalue weighted by Gasteiger charge is -2.12. The van der Waals surface area contributed by atoms with E-state index in [0.29, 0.717) is 12.3 Å². The van der Waals surface area contributed by atoms with Crippen molar-refractivity contribution >= 4 is 5.91 Å². The summed E-state index contributed by atoms with van der Waals surface area (Å²) in [7, 11) is 0. The molecule has 0 aromatic rings. The second-order valence-electron chi connectivity index (χ2n) is 2.73. The molecular formula is C7H13NO2. The summed E-state index contributed by atoms with van der Waals surface area (Å²) < 4.78 is 0. The number of aliphatic hydroxyl groups excluding tert-OH is 1. The first-order chi connectivity index (χ1) is 4.77. The molecule has 3 heteroatoms. The number of carbonyl (C=O) groups excluding carboxylic acids is 1. The molecule has 58 valence electrons. The van der Waals surface area contributed by atoms with E-state index >= 15 is 0 Å². The second-order valence-corrected chi connectivity index (χ2v) is 2.73. The third-order valence-corrected chi connectivity index (χ3v) is 2.08. The molecule has 0 radical (unpaired) electrons. The summed E-state index contributed by atoms with van der Waals surface area (Å²) >= 11 is 0. The molecule has 1 aliphatic heterocycles. The largest absolute Gasteiger partial charge is 0.394 e. The first-order valence-corrected chi connectivity index (χ1v) is 3.68. The zero-order chi connectivity index (χ0) is 7.56. The van der Waals surface area contributed by atoms with Crippen LogP contribution in [0.5, 0.6) is 0 Å². The molecule has 1 amide bonds. The Balaban J connectivity index is 2.48. The van der Waals surface area contributed by atoms with E-state index in [-0.39, 0.29) is 18.6 Å². The van der Waals surface area contributed by atoms with Gasteiger partial charge in [0.15, 0.2) is 0 Å². The first-order valence-electron chi connectivity index (χ1n) is 3.68. The molecule has 1 unspecified atom stereocenters. The third-order valence-electron chi connectivity index (χ3n) is 2.08. The molecule has 10 heavy (non-hydrogen) atoms. The Morgan fingerprint density at radius 3 is 2.90 bits per heavy atom. The van der Waals surface area contributed by atoms with Gasteiger partial charge in [-0.2, -0.15) is 0 Å². The summed E-state index contributed by atoms with van der Waals surface area (Å²) in [5.41, 5.74) is 0. The predicted molar refractivity (Wildman–Crippen MR) is 37.4 cm³/mol. The lowest BCUT2D eigenvalue weighted by atomic mass is 9.99. The fraction of sp³-hybridized carbons (Fsp3) is 0.857. The van der Waals surface area contributed by atoms with Gasteiger partial charge in [0, 0.05) is 6.42 Å². The van der Waals surface area contributed by atoms with Crippen LogP contribution in [0.4, 0.5) is 0 Å². The zero-order valence-electron chi connectivity index (χ0n) is 6.13. The fourth-order valence-corrected chi connectivity index (χ4v) is 1.39. The number of aliphatic hydroxyl groups is 1. The SMILES string of the molecule is CCC1CC(=O)N[C@@H]1CO. The number of nitrogens with one attached hydrogen (secondary N) is 1. The van der Waals surface area contributed by atoms with Gasteiger partial charge in [0.2, 0.25) is 5.91 Å². The highest BCUT2D eigenvalue weighted by molar-refractivity contribution is 5.79. The Labute approximate surface area is 60.4 Å². The van der Waals surface area contributed by atoms with Crippen molar-refractivity contribution in [3.63, 3.8) is 0 Å². The van der Waals surface area contributed by atoms with Gasteiger partial charge >= 0.3 is 0 Å². The minimum Gasteiger partial charge on any atom is -0.394 e. The number of rotatable bonds is 2. The van der Waals surface area contributed by atoms with E-state index < -0.39 is 0 Å². The highest BCUT2D eigenvalue weighted by Crippen LogP contribution is 2.18. The molecule has 2 N–H and O–H groups in total. The smallest absolute Gasteiger partial charge is 0.220 e. The Kier molecular flexibility index (Phi) is 2.27. The predicted octanol–water partition coefficient (Wildman–Crippen LogP) is -0.107. The Morgan fingerprint density at radius 2 is 2.50 bits per heavy atom. The summed E-state index contributed by atoms with van der Waals surface area (Å²) in [5, 5.41) is 11.5. The molecule has 1 heterocycles. The molecular weight excluding hydrogens is 130 g/mol. The molecule has 3 nitrogen and oxygen atoms in total. The van der Waals surface area contributed by atoms with E-state index in [1.54, 1.807) is 0 Å². The van der Waals surface area contributed by atoms with E-state index in [1.165, 1.54) is 0 Å². The molecule has 0 saturated carbocycles. The van der Waals surface area contributed by atoms with Gasteiger partial charge in [0.1, 0.15) is 0 Å². The minimum atomic E-state index is 0.0116. The molecule has 2 atom stereocenters. The minimum absolute atomic E-state index is 0.0116. The maximum atomic E-state index is 10.8. The summed E-state index contributed by atoms with van der Waals surface area (Å²) in [4.78, 5) is 10.8. The lowest BCUT2D eigenvalue weighted by Crippen LogP contribution is -2.32. The maximum absolute atomic E-state index is 10.8. The standard InChI is InChI=1S/C7H13NO2/c1-2-5-3-7(10)8-6(5)4-9/h5-6,9H,2-4H2,1H3,(H,8,10)/t5?,6-/m1/s1. The van der Waals surface area contributed by atoms with E-state index in [2.05, 4.69) is 5.32 Å². The highest BCUT2D eigenvalue weighted by atomic mass is 16.3. The molecule has 0 bridgehead atoms. The van der Waals surface area contributed by atoms with Gasteiger partial charge in [-0.25, -0.2) is 0 Å². The van der Waals surface area contributed by atoms with Crippen LogP contribution < -0.4 is 5.32 Å². The van der Waals surface area contributed by atoms with Crippen LogP contribution in [-0.2, 0) is 4.79 Å². The van der Waals surface area contributed by atoms with Crippen LogP contribution in [0, 0.1) is 5.92 Å². The molecule has 0 aromatic heterocycles. The van der Waals surface area contributed by atoms with E-state index in [4.69, 9.17) is 5.11 Å². The average molecular weight is 143 g/mol. The number of amides is 1. The average Bonchev–Trinajstić information content (AvgIpc) is 2.30. The highest BCUT2D eigenvalue weighted by Gasteiger charge is 2.29. The van der Waals surface area contributed by atoms with Crippen molar-refractivity contribution in [1.29, 1.82) is 0 Å². The van der Waals surface area contributed by atoms with Crippen molar-refractivity contribution in [2.45, 2.75) is 25.8 Å². The fourth-order valence-electron chi connectivity index (χ4n) is 1.39. The van der Waals surface area contributed by atoms with Crippen molar-refractivity contribution in [1.82, 2.24) is 5.32 Å². The van der Waals surface area contributed by atoms with Crippen molar-refractivity contribution in [3.05, 3.63) is 0 Å². The maximum Gasteiger partial charge on any atom is 0.220 e. The molecule has 0 aromatic carbocycles. The normalized spacial score (nSPS) is 32.4. The van der Waals surface area contributed by atoms with Gasteiger partial charge in [0.25, 0.3) is 0 Å². The summed E-state index contributed by atoms with van der Waals surface area (Å²) in [6, 6.07) is 0.0116. The summed E-state index contributed by atoms with van der Waals surface area (Å²) in [6.45, 7) is 2.11. The van der Waals surface area contributed by atoms with Crippen LogP contribution in [0.3, 0.4) is 0 Å². The monoisotopic (exact) mass is 143 g/mol. The quantitative estimate of drug-likeness (QED) is 0.566. The van der Waals surface area contributed by atoms with Gasteiger partial charge in [-0.3, -0.25) is 4.79 Å². The first kappa shape index (κ1) is 7.54. The van der Waals surface area contributed by atoms with Crippen LogP contribution >= 0.6 is 0 Å². The van der Waals surface area contributed by atoms with Crippen molar-refractivity contribution in [2.24, 2.45) is 5.92 Å². The van der Waals surface area contributed by atoms with Crippen molar-refractivity contribution in [2.75, 3.05) is 6.61 Å². The van der Waals surface area contributed by atoms with Gasteiger partial charge < -0.3 is 10.4 Å². The molecule has 1 fully saturated rings. The third kappa shape index (κ3) is 1.29. The molecule has 0 spiro atoms. The van der Waals surface area contributed by atoms with Crippen LogP contribution in [0.15, 0.2) is 0 Å². The van der Waals surface area contributed by atoms with Crippen LogP contribution in [0.2, 0.25) is 0 Å². The zero-order valence-corrected chi connectivity index (χ0v) is 6.13.